The molecular formula is C21H23N3O4. The second-order valence-corrected chi connectivity index (χ2v) is 7.17. The molecule has 146 valence electrons. The van der Waals surface area contributed by atoms with Crippen molar-refractivity contribution in [2.24, 2.45) is 5.92 Å². The van der Waals surface area contributed by atoms with E-state index in [1.807, 2.05) is 6.07 Å². The lowest BCUT2D eigenvalue weighted by molar-refractivity contribution is 0.0690. The van der Waals surface area contributed by atoms with Gasteiger partial charge in [-0.15, -0.1) is 0 Å². The molecule has 1 aliphatic rings. The lowest BCUT2D eigenvalue weighted by atomic mass is 10.0. The highest BCUT2D eigenvalue weighted by atomic mass is 16.5. The monoisotopic (exact) mass is 381 g/mol. The molecule has 0 bridgehead atoms. The summed E-state index contributed by atoms with van der Waals surface area (Å²) in [5.41, 5.74) is 1.30. The summed E-state index contributed by atoms with van der Waals surface area (Å²) in [7, 11) is 0. The van der Waals surface area contributed by atoms with Gasteiger partial charge in [-0.25, -0.2) is 9.78 Å². The summed E-state index contributed by atoms with van der Waals surface area (Å²) >= 11 is 0. The molecule has 3 aromatic rings. The van der Waals surface area contributed by atoms with Crippen molar-refractivity contribution in [3.8, 4) is 11.5 Å². The molecule has 4 rings (SSSR count). The Bertz CT molecular complexity index is 961. The SMILES string of the molecule is O=C(O)c1cc(Oc2ccc3nc(NCC4CCCCCC4)oc3c2)ccn1. The lowest BCUT2D eigenvalue weighted by Crippen LogP contribution is -2.13. The van der Waals surface area contributed by atoms with Gasteiger partial charge in [0.05, 0.1) is 0 Å². The molecule has 0 atom stereocenters. The topological polar surface area (TPSA) is 97.5 Å². The number of hydrogen-bond donors (Lipinski definition) is 2. The smallest absolute Gasteiger partial charge is 0.354 e. The number of ether oxygens (including phenoxy) is 1. The third kappa shape index (κ3) is 4.42. The van der Waals surface area contributed by atoms with Crippen molar-refractivity contribution < 1.29 is 19.1 Å². The lowest BCUT2D eigenvalue weighted by Gasteiger charge is -2.13. The highest BCUT2D eigenvalue weighted by Crippen LogP contribution is 2.28. The van der Waals surface area contributed by atoms with E-state index < -0.39 is 5.97 Å². The molecule has 1 saturated carbocycles. The first-order chi connectivity index (χ1) is 13.7. The molecule has 0 aliphatic heterocycles. The molecule has 1 aliphatic carbocycles. The number of nitrogens with one attached hydrogen (secondary N) is 1. The van der Waals surface area contributed by atoms with Gasteiger partial charge in [0.1, 0.15) is 17.0 Å². The molecule has 0 spiro atoms. The Morgan fingerprint density at radius 1 is 1.14 bits per heavy atom. The van der Waals surface area contributed by atoms with Crippen LogP contribution in [0.1, 0.15) is 49.0 Å². The minimum absolute atomic E-state index is 0.0664. The molecule has 1 aromatic carbocycles. The average molecular weight is 381 g/mol. The molecule has 0 radical (unpaired) electrons. The van der Waals surface area contributed by atoms with Crippen molar-refractivity contribution in [1.82, 2.24) is 9.97 Å². The van der Waals surface area contributed by atoms with Gasteiger partial charge in [-0.05, 0) is 37.0 Å². The van der Waals surface area contributed by atoms with Crippen LogP contribution in [-0.2, 0) is 0 Å². The van der Waals surface area contributed by atoms with Crippen LogP contribution in [0.3, 0.4) is 0 Å². The zero-order valence-corrected chi connectivity index (χ0v) is 15.6. The fourth-order valence-corrected chi connectivity index (χ4v) is 3.57. The Kier molecular flexibility index (Phi) is 5.41. The number of carbonyl (C=O) groups is 1. The Morgan fingerprint density at radius 2 is 1.93 bits per heavy atom. The van der Waals surface area contributed by atoms with Gasteiger partial charge in [0, 0.05) is 24.9 Å². The first-order valence-corrected chi connectivity index (χ1v) is 9.69. The van der Waals surface area contributed by atoms with E-state index in [0.29, 0.717) is 29.0 Å². The van der Waals surface area contributed by atoms with Gasteiger partial charge in [-0.3, -0.25) is 0 Å². The molecule has 2 heterocycles. The maximum Gasteiger partial charge on any atom is 0.354 e. The maximum absolute atomic E-state index is 11.0. The summed E-state index contributed by atoms with van der Waals surface area (Å²) in [6.45, 7) is 0.880. The van der Waals surface area contributed by atoms with Crippen LogP contribution in [0.5, 0.6) is 11.5 Å². The van der Waals surface area contributed by atoms with Gasteiger partial charge >= 0.3 is 5.97 Å². The van der Waals surface area contributed by atoms with Gasteiger partial charge in [0.15, 0.2) is 11.3 Å². The largest absolute Gasteiger partial charge is 0.477 e. The molecule has 7 nitrogen and oxygen atoms in total. The van der Waals surface area contributed by atoms with Gasteiger partial charge in [0.25, 0.3) is 6.01 Å². The highest BCUT2D eigenvalue weighted by Gasteiger charge is 2.14. The Hall–Kier alpha value is -3.09. The number of rotatable bonds is 6. The van der Waals surface area contributed by atoms with Crippen LogP contribution >= 0.6 is 0 Å². The molecule has 0 saturated heterocycles. The van der Waals surface area contributed by atoms with Gasteiger partial charge in [-0.1, -0.05) is 25.7 Å². The zero-order valence-electron chi connectivity index (χ0n) is 15.6. The summed E-state index contributed by atoms with van der Waals surface area (Å²) < 4.78 is 11.6. The van der Waals surface area contributed by atoms with Crippen LogP contribution < -0.4 is 10.1 Å². The van der Waals surface area contributed by atoms with Gasteiger partial charge in [-0.2, -0.15) is 4.98 Å². The van der Waals surface area contributed by atoms with E-state index in [2.05, 4.69) is 15.3 Å². The molecule has 2 N–H and O–H groups in total. The molecule has 0 amide bonds. The van der Waals surface area contributed by atoms with Crippen molar-refractivity contribution in [2.75, 3.05) is 11.9 Å². The van der Waals surface area contributed by atoms with Crippen molar-refractivity contribution in [2.45, 2.75) is 38.5 Å². The minimum Gasteiger partial charge on any atom is -0.477 e. The molecule has 1 fully saturated rings. The Labute approximate surface area is 162 Å². The van der Waals surface area contributed by atoms with E-state index in [4.69, 9.17) is 14.3 Å². The van der Waals surface area contributed by atoms with Crippen molar-refractivity contribution in [1.29, 1.82) is 0 Å². The predicted octanol–water partition coefficient (Wildman–Crippen LogP) is 5.10. The maximum atomic E-state index is 11.0. The second kappa shape index (κ2) is 8.29. The van der Waals surface area contributed by atoms with Gasteiger partial charge in [0.2, 0.25) is 0 Å². The van der Waals surface area contributed by atoms with Crippen LogP contribution in [0.15, 0.2) is 40.9 Å². The summed E-state index contributed by atoms with van der Waals surface area (Å²) in [4.78, 5) is 19.3. The summed E-state index contributed by atoms with van der Waals surface area (Å²) in [5, 5.41) is 12.4. The van der Waals surface area contributed by atoms with Crippen LogP contribution in [0.2, 0.25) is 0 Å². The number of carboxylic acids is 1. The van der Waals surface area contributed by atoms with E-state index in [1.165, 1.54) is 50.8 Å². The normalized spacial score (nSPS) is 15.3. The number of aromatic nitrogens is 2. The number of fused-ring (bicyclic) bond motifs is 1. The van der Waals surface area contributed by atoms with Crippen LogP contribution in [-0.4, -0.2) is 27.6 Å². The van der Waals surface area contributed by atoms with Crippen LogP contribution in [0.25, 0.3) is 11.1 Å². The van der Waals surface area contributed by atoms with E-state index in [9.17, 15) is 4.79 Å². The standard InChI is InChI=1S/C21H23N3O4/c25-20(26)18-11-16(9-10-22-18)27-15-7-8-17-19(12-15)28-21(24-17)23-13-14-5-3-1-2-4-6-14/h7-12,14H,1-6,13H2,(H,23,24)(H,25,26). The van der Waals surface area contributed by atoms with Crippen LogP contribution in [0, 0.1) is 5.92 Å². The van der Waals surface area contributed by atoms with E-state index in [-0.39, 0.29) is 5.69 Å². The van der Waals surface area contributed by atoms with E-state index in [1.54, 1.807) is 18.2 Å². The third-order valence-electron chi connectivity index (χ3n) is 5.06. The van der Waals surface area contributed by atoms with E-state index in [0.717, 1.165) is 12.1 Å². The summed E-state index contributed by atoms with van der Waals surface area (Å²) in [6.07, 6.45) is 9.21. The molecule has 7 heteroatoms. The number of oxazole rings is 1. The predicted molar refractivity (Wildman–Crippen MR) is 105 cm³/mol. The Balaban J connectivity index is 1.44. The van der Waals surface area contributed by atoms with Crippen LogP contribution in [0.4, 0.5) is 6.01 Å². The Morgan fingerprint density at radius 3 is 2.71 bits per heavy atom. The van der Waals surface area contributed by atoms with Crippen molar-refractivity contribution in [3.05, 3.63) is 42.2 Å². The number of nitrogens with zero attached hydrogens (tertiary/aromatic N) is 2. The number of anilines is 1. The van der Waals surface area contributed by atoms with Crippen molar-refractivity contribution in [3.63, 3.8) is 0 Å². The quantitative estimate of drug-likeness (QED) is 0.574. The molecular weight excluding hydrogens is 358 g/mol. The second-order valence-electron chi connectivity index (χ2n) is 7.17. The fourth-order valence-electron chi connectivity index (χ4n) is 3.57. The highest BCUT2D eigenvalue weighted by molar-refractivity contribution is 5.85. The molecule has 0 unspecified atom stereocenters. The number of aromatic carboxylic acids is 1. The average Bonchev–Trinajstić information content (AvgIpc) is 2.91. The number of hydrogen-bond acceptors (Lipinski definition) is 6. The minimum atomic E-state index is -1.10. The summed E-state index contributed by atoms with van der Waals surface area (Å²) in [6, 6.07) is 8.86. The molecule has 2 aromatic heterocycles. The first kappa shape index (κ1) is 18.3. The summed E-state index contributed by atoms with van der Waals surface area (Å²) in [5.74, 6) is 0.520. The number of carboxylic acid groups (broad SMARTS) is 1. The number of benzene rings is 1. The first-order valence-electron chi connectivity index (χ1n) is 9.69. The number of pyridine rings is 1. The fraction of sp³-hybridized carbons (Fsp3) is 0.381. The van der Waals surface area contributed by atoms with E-state index >= 15 is 0 Å². The third-order valence-corrected chi connectivity index (χ3v) is 5.06. The molecule has 28 heavy (non-hydrogen) atoms. The zero-order chi connectivity index (χ0) is 19.3. The van der Waals surface area contributed by atoms with Crippen molar-refractivity contribution >= 4 is 23.1 Å². The van der Waals surface area contributed by atoms with Gasteiger partial charge < -0.3 is 19.6 Å².